The van der Waals surface area contributed by atoms with Crippen LogP contribution in [0.15, 0.2) is 0 Å². The van der Waals surface area contributed by atoms with E-state index in [1.807, 2.05) is 0 Å². The Kier molecular flexibility index (Phi) is 4.36. The van der Waals surface area contributed by atoms with E-state index in [0.29, 0.717) is 0 Å². The number of hydrogen-bond donors (Lipinski definition) is 0. The van der Waals surface area contributed by atoms with E-state index in [4.69, 9.17) is 23.2 Å². The van der Waals surface area contributed by atoms with Gasteiger partial charge < -0.3 is 4.74 Å². The molecule has 0 N–H and O–H groups in total. The van der Waals surface area contributed by atoms with Gasteiger partial charge in [0.15, 0.2) is 5.78 Å². The summed E-state index contributed by atoms with van der Waals surface area (Å²) in [5.41, 5.74) is 0. The average Bonchev–Trinajstić information content (AvgIpc) is 2.01. The third kappa shape index (κ3) is 2.61. The molecule has 64 valence electrons. The molecule has 0 aromatic carbocycles. The fourth-order valence-corrected chi connectivity index (χ4v) is 1.20. The fourth-order valence-electron chi connectivity index (χ4n) is 0.326. The average molecular weight is 264 g/mol. The molecule has 0 saturated carbocycles. The Morgan fingerprint density at radius 2 is 2.09 bits per heavy atom. The van der Waals surface area contributed by atoms with E-state index in [2.05, 4.69) is 20.7 Å². The van der Waals surface area contributed by atoms with Gasteiger partial charge in [-0.15, -0.1) is 11.6 Å². The molecule has 0 aliphatic carbocycles. The lowest BCUT2D eigenvalue weighted by molar-refractivity contribution is -0.143. The van der Waals surface area contributed by atoms with Crippen molar-refractivity contribution >= 4 is 50.9 Å². The van der Waals surface area contributed by atoms with Crippen LogP contribution in [0.3, 0.4) is 0 Å². The maximum Gasteiger partial charge on any atom is 0.345 e. The van der Waals surface area contributed by atoms with E-state index in [1.54, 1.807) is 0 Å². The fraction of sp³-hybridized carbons (Fsp3) is 0.600. The summed E-state index contributed by atoms with van der Waals surface area (Å²) in [7, 11) is 1.13. The predicted molar refractivity (Wildman–Crippen MR) is 45.3 cm³/mol. The van der Waals surface area contributed by atoms with Crippen molar-refractivity contribution in [3.05, 3.63) is 0 Å². The van der Waals surface area contributed by atoms with Gasteiger partial charge in [0.05, 0.1) is 13.0 Å². The molecule has 0 heterocycles. The summed E-state index contributed by atoms with van der Waals surface area (Å²) in [6.45, 7) is 0. The van der Waals surface area contributed by atoms with E-state index in [0.717, 1.165) is 7.11 Å². The molecule has 0 aromatic heterocycles. The molecule has 0 saturated heterocycles. The standard InChI is InChI=1S/C5H5BrCl2O3/c1-11-4(10)5(6,8)3(9)2-7/h2H2,1H3. The van der Waals surface area contributed by atoms with Crippen molar-refractivity contribution in [2.75, 3.05) is 13.0 Å². The first-order valence-corrected chi connectivity index (χ1v) is 4.22. The van der Waals surface area contributed by atoms with Crippen molar-refractivity contribution in [2.45, 2.75) is 3.78 Å². The van der Waals surface area contributed by atoms with Crippen LogP contribution in [0.1, 0.15) is 0 Å². The third-order valence-electron chi connectivity index (χ3n) is 0.913. The number of ether oxygens (including phenoxy) is 1. The smallest absolute Gasteiger partial charge is 0.345 e. The monoisotopic (exact) mass is 262 g/mol. The van der Waals surface area contributed by atoms with Gasteiger partial charge in [-0.25, -0.2) is 4.79 Å². The highest BCUT2D eigenvalue weighted by molar-refractivity contribution is 9.11. The number of methoxy groups -OCH3 is 1. The van der Waals surface area contributed by atoms with Crippen LogP contribution in [0.5, 0.6) is 0 Å². The van der Waals surface area contributed by atoms with Gasteiger partial charge in [-0.2, -0.15) is 0 Å². The second-order valence-electron chi connectivity index (χ2n) is 1.62. The molecule has 0 bridgehead atoms. The van der Waals surface area contributed by atoms with Crippen molar-refractivity contribution < 1.29 is 14.3 Å². The van der Waals surface area contributed by atoms with Gasteiger partial charge in [-0.1, -0.05) is 11.6 Å². The van der Waals surface area contributed by atoms with Crippen LogP contribution in [-0.4, -0.2) is 28.5 Å². The van der Waals surface area contributed by atoms with Crippen LogP contribution in [0.25, 0.3) is 0 Å². The van der Waals surface area contributed by atoms with Gasteiger partial charge in [-0.05, 0) is 15.9 Å². The number of halogens is 3. The number of rotatable bonds is 3. The third-order valence-corrected chi connectivity index (χ3v) is 2.29. The molecule has 11 heavy (non-hydrogen) atoms. The van der Waals surface area contributed by atoms with Crippen LogP contribution in [-0.2, 0) is 14.3 Å². The van der Waals surface area contributed by atoms with Crippen molar-refractivity contribution in [2.24, 2.45) is 0 Å². The molecule has 0 radical (unpaired) electrons. The number of alkyl halides is 3. The summed E-state index contributed by atoms with van der Waals surface area (Å²) in [6.07, 6.45) is 0. The first-order valence-electron chi connectivity index (χ1n) is 2.52. The van der Waals surface area contributed by atoms with E-state index >= 15 is 0 Å². The minimum absolute atomic E-state index is 0.343. The molecule has 0 aromatic rings. The Labute approximate surface area is 82.1 Å². The maximum absolute atomic E-state index is 10.8. The van der Waals surface area contributed by atoms with Gasteiger partial charge in [0.1, 0.15) is 0 Å². The van der Waals surface area contributed by atoms with E-state index in [-0.39, 0.29) is 5.88 Å². The zero-order chi connectivity index (χ0) is 9.07. The largest absolute Gasteiger partial charge is 0.467 e. The first kappa shape index (κ1) is 11.2. The minimum Gasteiger partial charge on any atom is -0.467 e. The van der Waals surface area contributed by atoms with E-state index in [9.17, 15) is 9.59 Å². The van der Waals surface area contributed by atoms with Gasteiger partial charge in [0, 0.05) is 0 Å². The Hall–Kier alpha value is 0.200. The van der Waals surface area contributed by atoms with Crippen LogP contribution in [0.2, 0.25) is 0 Å². The summed E-state index contributed by atoms with van der Waals surface area (Å²) in [5.74, 6) is -1.86. The molecular formula is C5H5BrCl2O3. The lowest BCUT2D eigenvalue weighted by Crippen LogP contribution is -2.36. The number of carbonyl (C=O) groups excluding carboxylic acids is 2. The SMILES string of the molecule is COC(=O)C(Cl)(Br)C(=O)CCl. The van der Waals surface area contributed by atoms with Crippen molar-refractivity contribution in [1.82, 2.24) is 0 Å². The summed E-state index contributed by atoms with van der Waals surface area (Å²) in [6, 6.07) is 0. The van der Waals surface area contributed by atoms with Gasteiger partial charge in [-0.3, -0.25) is 4.79 Å². The maximum atomic E-state index is 10.8. The molecule has 0 aliphatic heterocycles. The van der Waals surface area contributed by atoms with Crippen LogP contribution < -0.4 is 0 Å². The molecule has 0 rings (SSSR count). The quantitative estimate of drug-likeness (QED) is 0.438. The normalized spacial score (nSPS) is 15.3. The highest BCUT2D eigenvalue weighted by atomic mass is 79.9. The molecule has 0 fully saturated rings. The number of ketones is 1. The molecular weight excluding hydrogens is 259 g/mol. The topological polar surface area (TPSA) is 43.4 Å². The highest BCUT2D eigenvalue weighted by Crippen LogP contribution is 2.26. The molecule has 6 heteroatoms. The van der Waals surface area contributed by atoms with Crippen LogP contribution in [0, 0.1) is 0 Å². The van der Waals surface area contributed by atoms with Crippen LogP contribution >= 0.6 is 39.1 Å². The minimum atomic E-state index is -1.83. The molecule has 0 aliphatic rings. The molecule has 0 amide bonds. The van der Waals surface area contributed by atoms with Gasteiger partial charge >= 0.3 is 5.97 Å². The predicted octanol–water partition coefficient (Wildman–Crippen LogP) is 1.30. The summed E-state index contributed by atoms with van der Waals surface area (Å²) < 4.78 is 2.41. The van der Waals surface area contributed by atoms with Crippen LogP contribution in [0.4, 0.5) is 0 Å². The Balaban J connectivity index is 4.44. The Morgan fingerprint density at radius 1 is 1.64 bits per heavy atom. The lowest BCUT2D eigenvalue weighted by atomic mass is 10.3. The number of hydrogen-bond acceptors (Lipinski definition) is 3. The van der Waals surface area contributed by atoms with Crippen molar-refractivity contribution in [3.8, 4) is 0 Å². The summed E-state index contributed by atoms with van der Waals surface area (Å²) in [4.78, 5) is 21.6. The molecule has 0 spiro atoms. The Morgan fingerprint density at radius 3 is 2.36 bits per heavy atom. The van der Waals surface area contributed by atoms with Crippen molar-refractivity contribution in [3.63, 3.8) is 0 Å². The zero-order valence-electron chi connectivity index (χ0n) is 5.57. The lowest BCUT2D eigenvalue weighted by Gasteiger charge is -2.13. The number of Topliss-reactive ketones (excluding diaryl/α,β-unsaturated/α-hetero) is 1. The van der Waals surface area contributed by atoms with Gasteiger partial charge in [0.25, 0.3) is 3.78 Å². The molecule has 3 nitrogen and oxygen atoms in total. The number of esters is 1. The molecule has 1 atom stereocenters. The number of carbonyl (C=O) groups is 2. The first-order chi connectivity index (χ1) is 4.96. The highest BCUT2D eigenvalue weighted by Gasteiger charge is 2.41. The zero-order valence-corrected chi connectivity index (χ0v) is 8.66. The summed E-state index contributed by atoms with van der Waals surface area (Å²) in [5, 5.41) is 0. The molecule has 1 unspecified atom stereocenters. The summed E-state index contributed by atoms with van der Waals surface area (Å²) >= 11 is 13.3. The second kappa shape index (κ2) is 4.28. The Bertz CT molecular complexity index is 163. The van der Waals surface area contributed by atoms with E-state index < -0.39 is 15.5 Å². The van der Waals surface area contributed by atoms with Gasteiger partial charge in [0.2, 0.25) is 0 Å². The second-order valence-corrected chi connectivity index (χ2v) is 4.10. The van der Waals surface area contributed by atoms with Crippen molar-refractivity contribution in [1.29, 1.82) is 0 Å². The van der Waals surface area contributed by atoms with E-state index in [1.165, 1.54) is 0 Å².